The Kier molecular flexibility index (Phi) is 4.96. The van der Waals surface area contributed by atoms with Gasteiger partial charge in [-0.15, -0.1) is 0 Å². The van der Waals surface area contributed by atoms with Gasteiger partial charge < -0.3 is 10.1 Å². The zero-order chi connectivity index (χ0) is 15.4. The van der Waals surface area contributed by atoms with Crippen molar-refractivity contribution in [3.05, 3.63) is 58.9 Å². The molecule has 112 valence electrons. The molecule has 0 aliphatic heterocycles. The van der Waals surface area contributed by atoms with E-state index in [-0.39, 0.29) is 16.8 Å². The van der Waals surface area contributed by atoms with Crippen LogP contribution in [0.1, 0.15) is 18.5 Å². The van der Waals surface area contributed by atoms with Crippen molar-refractivity contribution in [1.29, 1.82) is 0 Å². The van der Waals surface area contributed by atoms with E-state index in [1.807, 2.05) is 6.92 Å². The Morgan fingerprint density at radius 1 is 1.10 bits per heavy atom. The quantitative estimate of drug-likeness (QED) is 0.813. The second-order valence-electron chi connectivity index (χ2n) is 4.44. The molecular weight excluding hydrogens is 303 g/mol. The topological polar surface area (TPSA) is 21.3 Å². The second-order valence-corrected chi connectivity index (χ2v) is 4.85. The summed E-state index contributed by atoms with van der Waals surface area (Å²) in [6, 6.07) is 10.5. The first-order valence-electron chi connectivity index (χ1n) is 6.22. The first-order chi connectivity index (χ1) is 9.95. The summed E-state index contributed by atoms with van der Waals surface area (Å²) in [6.07, 6.45) is 0. The van der Waals surface area contributed by atoms with Gasteiger partial charge in [-0.1, -0.05) is 17.7 Å². The fourth-order valence-electron chi connectivity index (χ4n) is 1.85. The number of anilines is 1. The summed E-state index contributed by atoms with van der Waals surface area (Å²) < 4.78 is 41.7. The lowest BCUT2D eigenvalue weighted by Crippen LogP contribution is -2.07. The molecule has 1 unspecified atom stereocenters. The standard InChI is InChI=1S/C15H13ClF3NO/c1-9(10-2-7-13(16)14(17)8-10)20-11-3-5-12(6-4-11)21-15(18)19/h2-9,15,20H,1H3. The van der Waals surface area contributed by atoms with Gasteiger partial charge >= 0.3 is 6.61 Å². The van der Waals surface area contributed by atoms with Gasteiger partial charge in [-0.3, -0.25) is 0 Å². The SMILES string of the molecule is CC(Nc1ccc(OC(F)F)cc1)c1ccc(Cl)c(F)c1. The summed E-state index contributed by atoms with van der Waals surface area (Å²) in [5.41, 5.74) is 1.43. The lowest BCUT2D eigenvalue weighted by atomic mass is 10.1. The predicted molar refractivity (Wildman–Crippen MR) is 76.5 cm³/mol. The van der Waals surface area contributed by atoms with E-state index in [4.69, 9.17) is 11.6 Å². The number of nitrogens with one attached hydrogen (secondary N) is 1. The van der Waals surface area contributed by atoms with Gasteiger partial charge in [0.05, 0.1) is 5.02 Å². The number of benzene rings is 2. The van der Waals surface area contributed by atoms with E-state index in [0.717, 1.165) is 5.56 Å². The first kappa shape index (κ1) is 15.5. The molecule has 2 aromatic rings. The van der Waals surface area contributed by atoms with Crippen molar-refractivity contribution < 1.29 is 17.9 Å². The van der Waals surface area contributed by atoms with Crippen LogP contribution in [0, 0.1) is 5.82 Å². The van der Waals surface area contributed by atoms with Crippen molar-refractivity contribution in [2.24, 2.45) is 0 Å². The largest absolute Gasteiger partial charge is 0.435 e. The van der Waals surface area contributed by atoms with Gasteiger partial charge in [-0.25, -0.2) is 4.39 Å². The Morgan fingerprint density at radius 3 is 2.33 bits per heavy atom. The van der Waals surface area contributed by atoms with Crippen molar-refractivity contribution in [3.63, 3.8) is 0 Å². The summed E-state index contributed by atoms with van der Waals surface area (Å²) in [4.78, 5) is 0. The normalized spacial score (nSPS) is 12.3. The molecule has 1 atom stereocenters. The van der Waals surface area contributed by atoms with Gasteiger partial charge in [-0.2, -0.15) is 8.78 Å². The van der Waals surface area contributed by atoms with Crippen molar-refractivity contribution >= 4 is 17.3 Å². The highest BCUT2D eigenvalue weighted by Gasteiger charge is 2.09. The van der Waals surface area contributed by atoms with E-state index in [9.17, 15) is 13.2 Å². The van der Waals surface area contributed by atoms with E-state index >= 15 is 0 Å². The van der Waals surface area contributed by atoms with Crippen LogP contribution < -0.4 is 10.1 Å². The second kappa shape index (κ2) is 6.72. The Morgan fingerprint density at radius 2 is 1.76 bits per heavy atom. The van der Waals surface area contributed by atoms with Crippen LogP contribution in [-0.2, 0) is 0 Å². The Balaban J connectivity index is 2.04. The Labute approximate surface area is 125 Å². The van der Waals surface area contributed by atoms with Crippen molar-refractivity contribution in [3.8, 4) is 5.75 Å². The number of ether oxygens (including phenoxy) is 1. The third-order valence-electron chi connectivity index (χ3n) is 2.91. The molecule has 0 fully saturated rings. The van der Waals surface area contributed by atoms with Crippen molar-refractivity contribution in [2.75, 3.05) is 5.32 Å². The van der Waals surface area contributed by atoms with E-state index < -0.39 is 12.4 Å². The van der Waals surface area contributed by atoms with E-state index in [1.165, 1.54) is 24.3 Å². The maximum absolute atomic E-state index is 13.4. The van der Waals surface area contributed by atoms with Gasteiger partial charge in [0.15, 0.2) is 0 Å². The molecule has 21 heavy (non-hydrogen) atoms. The molecule has 0 aliphatic rings. The average Bonchev–Trinajstić information content (AvgIpc) is 2.43. The predicted octanol–water partition coefficient (Wildman–Crippen LogP) is 5.25. The Hall–Kier alpha value is -1.88. The lowest BCUT2D eigenvalue weighted by molar-refractivity contribution is -0.0498. The Bertz CT molecular complexity index is 604. The molecular formula is C15H13ClF3NO. The summed E-state index contributed by atoms with van der Waals surface area (Å²) in [5.74, 6) is -0.399. The molecule has 0 bridgehead atoms. The monoisotopic (exact) mass is 315 g/mol. The minimum Gasteiger partial charge on any atom is -0.435 e. The fraction of sp³-hybridized carbons (Fsp3) is 0.200. The molecule has 6 heteroatoms. The van der Waals surface area contributed by atoms with Crippen LogP contribution in [0.15, 0.2) is 42.5 Å². The summed E-state index contributed by atoms with van der Waals surface area (Å²) in [5, 5.41) is 3.20. The van der Waals surface area contributed by atoms with E-state index in [1.54, 1.807) is 18.2 Å². The number of alkyl halides is 2. The average molecular weight is 316 g/mol. The highest BCUT2D eigenvalue weighted by atomic mass is 35.5. The van der Waals surface area contributed by atoms with E-state index in [2.05, 4.69) is 10.1 Å². The maximum atomic E-state index is 13.4. The van der Waals surface area contributed by atoms with Gasteiger partial charge in [0.25, 0.3) is 0 Å². The van der Waals surface area contributed by atoms with Crippen molar-refractivity contribution in [1.82, 2.24) is 0 Å². The molecule has 2 nitrogen and oxygen atoms in total. The molecule has 0 heterocycles. The summed E-state index contributed by atoms with van der Waals surface area (Å²) in [7, 11) is 0. The van der Waals surface area contributed by atoms with Crippen LogP contribution in [-0.4, -0.2) is 6.61 Å². The molecule has 1 N–H and O–H groups in total. The van der Waals surface area contributed by atoms with Gasteiger partial charge in [-0.05, 0) is 48.9 Å². The van der Waals surface area contributed by atoms with Gasteiger partial charge in [0, 0.05) is 11.7 Å². The third-order valence-corrected chi connectivity index (χ3v) is 3.21. The molecule has 0 saturated carbocycles. The lowest BCUT2D eigenvalue weighted by Gasteiger charge is -2.16. The van der Waals surface area contributed by atoms with Crippen LogP contribution in [0.4, 0.5) is 18.9 Å². The third kappa shape index (κ3) is 4.29. The number of hydrogen-bond acceptors (Lipinski definition) is 2. The van der Waals surface area contributed by atoms with Crippen molar-refractivity contribution in [2.45, 2.75) is 19.6 Å². The van der Waals surface area contributed by atoms with E-state index in [0.29, 0.717) is 5.69 Å². The number of halogens is 4. The zero-order valence-corrected chi connectivity index (χ0v) is 11.9. The van der Waals surface area contributed by atoms with Crippen LogP contribution in [0.2, 0.25) is 5.02 Å². The smallest absolute Gasteiger partial charge is 0.387 e. The molecule has 0 radical (unpaired) electrons. The molecule has 0 aliphatic carbocycles. The highest BCUT2D eigenvalue weighted by Crippen LogP contribution is 2.24. The molecule has 0 spiro atoms. The van der Waals surface area contributed by atoms with Crippen LogP contribution in [0.3, 0.4) is 0 Å². The minimum absolute atomic E-state index is 0.0689. The number of rotatable bonds is 5. The van der Waals surface area contributed by atoms with Gasteiger partial charge in [0.2, 0.25) is 0 Å². The fourth-order valence-corrected chi connectivity index (χ4v) is 1.97. The van der Waals surface area contributed by atoms with Crippen LogP contribution in [0.25, 0.3) is 0 Å². The highest BCUT2D eigenvalue weighted by molar-refractivity contribution is 6.30. The molecule has 0 aromatic heterocycles. The van der Waals surface area contributed by atoms with Crippen LogP contribution >= 0.6 is 11.6 Å². The molecule has 2 aromatic carbocycles. The first-order valence-corrected chi connectivity index (χ1v) is 6.60. The molecule has 0 saturated heterocycles. The van der Waals surface area contributed by atoms with Gasteiger partial charge in [0.1, 0.15) is 11.6 Å². The van der Waals surface area contributed by atoms with Crippen LogP contribution in [0.5, 0.6) is 5.75 Å². The minimum atomic E-state index is -2.85. The maximum Gasteiger partial charge on any atom is 0.387 e. The summed E-state index contributed by atoms with van der Waals surface area (Å²) >= 11 is 5.63. The molecule has 2 rings (SSSR count). The summed E-state index contributed by atoms with van der Waals surface area (Å²) in [6.45, 7) is -0.994. The molecule has 0 amide bonds. The zero-order valence-electron chi connectivity index (χ0n) is 11.1. The number of hydrogen-bond donors (Lipinski definition) is 1.